The highest BCUT2D eigenvalue weighted by molar-refractivity contribution is 6.31. The van der Waals surface area contributed by atoms with Crippen LogP contribution in [0.15, 0.2) is 48.7 Å². The summed E-state index contributed by atoms with van der Waals surface area (Å²) < 4.78 is 15.8. The number of rotatable bonds is 3. The molecule has 0 aliphatic heterocycles. The summed E-state index contributed by atoms with van der Waals surface area (Å²) in [7, 11) is 0. The summed E-state index contributed by atoms with van der Waals surface area (Å²) in [5.41, 5.74) is 2.26. The van der Waals surface area contributed by atoms with Crippen molar-refractivity contribution in [2.75, 3.05) is 0 Å². The lowest BCUT2D eigenvalue weighted by molar-refractivity contribution is 0.282. The van der Waals surface area contributed by atoms with E-state index in [0.717, 1.165) is 16.5 Å². The Kier molecular flexibility index (Phi) is 3.47. The largest absolute Gasteiger partial charge is 0.392 e. The fourth-order valence-corrected chi connectivity index (χ4v) is 2.54. The van der Waals surface area contributed by atoms with E-state index in [0.29, 0.717) is 17.1 Å². The zero-order valence-electron chi connectivity index (χ0n) is 10.7. The molecule has 102 valence electrons. The predicted molar refractivity (Wildman–Crippen MR) is 78.4 cm³/mol. The lowest BCUT2D eigenvalue weighted by Gasteiger charge is -2.09. The molecule has 0 aliphatic rings. The molecule has 0 aliphatic carbocycles. The number of aromatic nitrogens is 1. The Labute approximate surface area is 121 Å². The number of hydrogen-bond acceptors (Lipinski definition) is 1. The molecule has 2 nitrogen and oxygen atoms in total. The van der Waals surface area contributed by atoms with Crippen LogP contribution in [0, 0.1) is 5.82 Å². The van der Waals surface area contributed by atoms with E-state index in [1.807, 2.05) is 35.0 Å². The highest BCUT2D eigenvalue weighted by atomic mass is 35.5. The fourth-order valence-electron chi connectivity index (χ4n) is 2.32. The Hall–Kier alpha value is -1.84. The van der Waals surface area contributed by atoms with Crippen LogP contribution in [0.4, 0.5) is 4.39 Å². The minimum absolute atomic E-state index is 0.0123. The Bertz CT molecular complexity index is 746. The van der Waals surface area contributed by atoms with Crippen molar-refractivity contribution in [2.45, 2.75) is 13.2 Å². The molecule has 3 rings (SSSR count). The first-order valence-corrected chi connectivity index (χ1v) is 6.68. The molecule has 0 unspecified atom stereocenters. The van der Waals surface area contributed by atoms with Gasteiger partial charge in [-0.25, -0.2) is 4.39 Å². The van der Waals surface area contributed by atoms with Gasteiger partial charge in [0.1, 0.15) is 5.82 Å². The smallest absolute Gasteiger partial charge is 0.129 e. The maximum absolute atomic E-state index is 13.9. The van der Waals surface area contributed by atoms with Crippen molar-refractivity contribution in [3.63, 3.8) is 0 Å². The molecule has 0 saturated carbocycles. The third-order valence-electron chi connectivity index (χ3n) is 3.41. The number of aliphatic hydroxyl groups is 1. The van der Waals surface area contributed by atoms with Gasteiger partial charge in [-0.2, -0.15) is 0 Å². The summed E-state index contributed by atoms with van der Waals surface area (Å²) in [4.78, 5) is 0. The fraction of sp³-hybridized carbons (Fsp3) is 0.125. The Morgan fingerprint density at radius 2 is 2.00 bits per heavy atom. The molecule has 20 heavy (non-hydrogen) atoms. The van der Waals surface area contributed by atoms with Crippen molar-refractivity contribution < 1.29 is 9.50 Å². The van der Waals surface area contributed by atoms with E-state index in [4.69, 9.17) is 11.6 Å². The summed E-state index contributed by atoms with van der Waals surface area (Å²) in [5, 5.41) is 10.7. The predicted octanol–water partition coefficient (Wildman–Crippen LogP) is 3.97. The van der Waals surface area contributed by atoms with E-state index in [9.17, 15) is 9.50 Å². The lowest BCUT2D eigenvalue weighted by atomic mass is 10.1. The Morgan fingerprint density at radius 1 is 1.15 bits per heavy atom. The second-order valence-corrected chi connectivity index (χ2v) is 5.10. The van der Waals surface area contributed by atoms with E-state index in [-0.39, 0.29) is 12.4 Å². The van der Waals surface area contributed by atoms with Gasteiger partial charge in [0.05, 0.1) is 13.2 Å². The molecule has 1 aromatic heterocycles. The summed E-state index contributed by atoms with van der Waals surface area (Å²) >= 11 is 6.06. The van der Waals surface area contributed by atoms with Crippen molar-refractivity contribution in [1.29, 1.82) is 0 Å². The maximum atomic E-state index is 13.9. The van der Waals surface area contributed by atoms with Gasteiger partial charge < -0.3 is 9.67 Å². The van der Waals surface area contributed by atoms with Crippen LogP contribution in [0.25, 0.3) is 10.9 Å². The number of halogens is 2. The highest BCUT2D eigenvalue weighted by Crippen LogP contribution is 2.24. The molecular formula is C16H13ClFNO. The molecule has 1 N–H and O–H groups in total. The van der Waals surface area contributed by atoms with Crippen LogP contribution >= 0.6 is 11.6 Å². The Balaban J connectivity index is 2.06. The van der Waals surface area contributed by atoms with Gasteiger partial charge in [0.2, 0.25) is 0 Å². The summed E-state index contributed by atoms with van der Waals surface area (Å²) in [5.74, 6) is -0.308. The number of nitrogens with zero attached hydrogens (tertiary/aromatic N) is 1. The molecule has 3 aromatic rings. The van der Waals surface area contributed by atoms with Crippen LogP contribution < -0.4 is 0 Å². The first-order valence-electron chi connectivity index (χ1n) is 6.30. The molecular weight excluding hydrogens is 277 g/mol. The SMILES string of the molecule is OCc1ccc2ccn(Cc3c(F)cccc3Cl)c2c1. The normalized spacial score (nSPS) is 11.2. The van der Waals surface area contributed by atoms with Crippen molar-refractivity contribution in [3.05, 3.63) is 70.6 Å². The molecule has 0 saturated heterocycles. The second-order valence-electron chi connectivity index (χ2n) is 4.70. The van der Waals surface area contributed by atoms with Crippen LogP contribution in [-0.2, 0) is 13.2 Å². The van der Waals surface area contributed by atoms with Crippen molar-refractivity contribution in [1.82, 2.24) is 4.57 Å². The highest BCUT2D eigenvalue weighted by Gasteiger charge is 2.09. The first-order chi connectivity index (χ1) is 9.69. The average molecular weight is 290 g/mol. The lowest BCUT2D eigenvalue weighted by Crippen LogP contribution is -2.01. The van der Waals surface area contributed by atoms with Crippen LogP contribution in [0.2, 0.25) is 5.02 Å². The molecule has 2 aromatic carbocycles. The van der Waals surface area contributed by atoms with Gasteiger partial charge in [-0.3, -0.25) is 0 Å². The topological polar surface area (TPSA) is 25.2 Å². The molecule has 0 radical (unpaired) electrons. The van der Waals surface area contributed by atoms with Crippen molar-refractivity contribution >= 4 is 22.5 Å². The standard InChI is InChI=1S/C16H13ClFNO/c17-14-2-1-3-15(18)13(14)9-19-7-6-12-5-4-11(10-20)8-16(12)19/h1-8,20H,9-10H2. The quantitative estimate of drug-likeness (QED) is 0.775. The van der Waals surface area contributed by atoms with Crippen LogP contribution in [0.1, 0.15) is 11.1 Å². The van der Waals surface area contributed by atoms with E-state index < -0.39 is 0 Å². The van der Waals surface area contributed by atoms with E-state index in [1.54, 1.807) is 12.1 Å². The summed E-state index contributed by atoms with van der Waals surface area (Å²) in [6.07, 6.45) is 1.90. The number of benzene rings is 2. The second kappa shape index (κ2) is 5.27. The minimum Gasteiger partial charge on any atom is -0.392 e. The molecule has 0 spiro atoms. The van der Waals surface area contributed by atoms with Crippen molar-refractivity contribution in [2.24, 2.45) is 0 Å². The maximum Gasteiger partial charge on any atom is 0.129 e. The monoisotopic (exact) mass is 289 g/mol. The van der Waals surface area contributed by atoms with Crippen LogP contribution in [-0.4, -0.2) is 9.67 Å². The molecule has 0 amide bonds. The third-order valence-corrected chi connectivity index (χ3v) is 3.77. The zero-order chi connectivity index (χ0) is 14.1. The van der Waals surface area contributed by atoms with Gasteiger partial charge in [0.25, 0.3) is 0 Å². The third kappa shape index (κ3) is 2.30. The number of fused-ring (bicyclic) bond motifs is 1. The molecule has 0 atom stereocenters. The first kappa shape index (κ1) is 13.2. The molecule has 0 fully saturated rings. The zero-order valence-corrected chi connectivity index (χ0v) is 11.4. The van der Waals surface area contributed by atoms with Crippen molar-refractivity contribution in [3.8, 4) is 0 Å². The van der Waals surface area contributed by atoms with Crippen LogP contribution in [0.5, 0.6) is 0 Å². The van der Waals surface area contributed by atoms with E-state index in [2.05, 4.69) is 0 Å². The summed E-state index contributed by atoms with van der Waals surface area (Å²) in [6.45, 7) is 0.353. The minimum atomic E-state index is -0.308. The van der Waals surface area contributed by atoms with Gasteiger partial charge in [-0.15, -0.1) is 0 Å². The Morgan fingerprint density at radius 3 is 2.75 bits per heavy atom. The van der Waals surface area contributed by atoms with Gasteiger partial charge in [0, 0.05) is 22.3 Å². The number of aliphatic hydroxyl groups excluding tert-OH is 1. The molecule has 1 heterocycles. The molecule has 0 bridgehead atoms. The number of hydrogen-bond donors (Lipinski definition) is 1. The van der Waals surface area contributed by atoms with E-state index in [1.165, 1.54) is 6.07 Å². The van der Waals surface area contributed by atoms with Gasteiger partial charge in [-0.1, -0.05) is 29.8 Å². The summed E-state index contributed by atoms with van der Waals surface area (Å²) in [6, 6.07) is 12.4. The molecule has 4 heteroatoms. The van der Waals surface area contributed by atoms with Crippen LogP contribution in [0.3, 0.4) is 0 Å². The average Bonchev–Trinajstić information content (AvgIpc) is 2.85. The van der Waals surface area contributed by atoms with Gasteiger partial charge in [-0.05, 0) is 35.2 Å². The van der Waals surface area contributed by atoms with E-state index >= 15 is 0 Å². The van der Waals surface area contributed by atoms with Gasteiger partial charge in [0.15, 0.2) is 0 Å². The van der Waals surface area contributed by atoms with Gasteiger partial charge >= 0.3 is 0 Å².